The van der Waals surface area contributed by atoms with Crippen molar-refractivity contribution >= 4 is 44.8 Å². The van der Waals surface area contributed by atoms with E-state index in [0.717, 1.165) is 15.2 Å². The van der Waals surface area contributed by atoms with E-state index < -0.39 is 11.9 Å². The van der Waals surface area contributed by atoms with Crippen molar-refractivity contribution in [2.24, 2.45) is 5.10 Å². The summed E-state index contributed by atoms with van der Waals surface area (Å²) in [4.78, 5) is 24.6. The molecule has 0 aliphatic rings. The summed E-state index contributed by atoms with van der Waals surface area (Å²) in [7, 11) is 0. The predicted molar refractivity (Wildman–Crippen MR) is 126 cm³/mol. The Hall–Kier alpha value is -3.97. The fourth-order valence-electron chi connectivity index (χ4n) is 3.01. The summed E-state index contributed by atoms with van der Waals surface area (Å²) in [5, 5.41) is 15.8. The molecular formula is C25H17BrN2O4. The van der Waals surface area contributed by atoms with Gasteiger partial charge in [-0.3, -0.25) is 4.79 Å². The summed E-state index contributed by atoms with van der Waals surface area (Å²) in [5.74, 6) is -0.709. The zero-order valence-corrected chi connectivity index (χ0v) is 18.2. The first kappa shape index (κ1) is 21.3. The maximum Gasteiger partial charge on any atom is 0.343 e. The van der Waals surface area contributed by atoms with Gasteiger partial charge in [-0.05, 0) is 77.0 Å². The molecule has 158 valence electrons. The van der Waals surface area contributed by atoms with Gasteiger partial charge in [-0.2, -0.15) is 5.10 Å². The molecule has 0 saturated carbocycles. The van der Waals surface area contributed by atoms with Crippen molar-refractivity contribution in [3.05, 3.63) is 106 Å². The molecule has 0 spiro atoms. The number of ether oxygens (including phenoxy) is 1. The molecule has 0 heterocycles. The highest BCUT2D eigenvalue weighted by Gasteiger charge is 2.12. The number of hydrogen-bond donors (Lipinski definition) is 2. The minimum Gasteiger partial charge on any atom is -0.507 e. The molecule has 4 aromatic carbocycles. The fraction of sp³-hybridized carbons (Fsp3) is 0. The normalized spacial score (nSPS) is 10.9. The number of esters is 1. The number of aromatic hydroxyl groups is 1. The van der Waals surface area contributed by atoms with E-state index in [1.807, 2.05) is 24.3 Å². The SMILES string of the molecule is O=C(Oc1ccc(/C=N/NC(=O)c2cc3ccccc3cc2O)cc1)c1ccc(Br)cc1. The molecule has 0 atom stereocenters. The van der Waals surface area contributed by atoms with Crippen LogP contribution in [0.25, 0.3) is 10.8 Å². The van der Waals surface area contributed by atoms with Gasteiger partial charge in [0.2, 0.25) is 0 Å². The first-order chi connectivity index (χ1) is 15.5. The van der Waals surface area contributed by atoms with Crippen LogP contribution in [0.2, 0.25) is 0 Å². The Labute approximate surface area is 192 Å². The molecule has 0 saturated heterocycles. The summed E-state index contributed by atoms with van der Waals surface area (Å²) >= 11 is 3.32. The third kappa shape index (κ3) is 5.01. The number of halogens is 1. The molecule has 0 unspecified atom stereocenters. The molecule has 2 N–H and O–H groups in total. The minimum absolute atomic E-state index is 0.117. The number of carbonyl (C=O) groups is 2. The molecule has 0 fully saturated rings. The highest BCUT2D eigenvalue weighted by molar-refractivity contribution is 9.10. The maximum absolute atomic E-state index is 12.4. The second kappa shape index (κ2) is 9.45. The van der Waals surface area contributed by atoms with Gasteiger partial charge in [0.1, 0.15) is 11.5 Å². The van der Waals surface area contributed by atoms with Crippen molar-refractivity contribution in [2.75, 3.05) is 0 Å². The molecule has 32 heavy (non-hydrogen) atoms. The average molecular weight is 489 g/mol. The third-order valence-electron chi connectivity index (χ3n) is 4.66. The number of fused-ring (bicyclic) bond motifs is 1. The van der Waals surface area contributed by atoms with E-state index in [1.165, 1.54) is 6.21 Å². The minimum atomic E-state index is -0.524. The van der Waals surface area contributed by atoms with Crippen molar-refractivity contribution in [1.29, 1.82) is 0 Å². The molecular weight excluding hydrogens is 472 g/mol. The van der Waals surface area contributed by atoms with Crippen molar-refractivity contribution in [2.45, 2.75) is 0 Å². The smallest absolute Gasteiger partial charge is 0.343 e. The van der Waals surface area contributed by atoms with Crippen molar-refractivity contribution < 1.29 is 19.4 Å². The molecule has 1 amide bonds. The first-order valence-corrected chi connectivity index (χ1v) is 10.4. The Balaban J connectivity index is 1.37. The number of carbonyl (C=O) groups excluding carboxylic acids is 2. The van der Waals surface area contributed by atoms with E-state index in [2.05, 4.69) is 26.5 Å². The zero-order chi connectivity index (χ0) is 22.5. The molecule has 0 aliphatic heterocycles. The van der Waals surface area contributed by atoms with Gasteiger partial charge in [-0.15, -0.1) is 0 Å². The number of nitrogens with zero attached hydrogens (tertiary/aromatic N) is 1. The van der Waals surface area contributed by atoms with E-state index >= 15 is 0 Å². The number of phenolic OH excluding ortho intramolecular Hbond substituents is 1. The molecule has 4 aromatic rings. The van der Waals surface area contributed by atoms with E-state index in [4.69, 9.17) is 4.74 Å². The van der Waals surface area contributed by atoms with Gasteiger partial charge in [0.15, 0.2) is 0 Å². The topological polar surface area (TPSA) is 88.0 Å². The summed E-state index contributed by atoms with van der Waals surface area (Å²) in [6.07, 6.45) is 1.45. The highest BCUT2D eigenvalue weighted by atomic mass is 79.9. The molecule has 0 bridgehead atoms. The van der Waals surface area contributed by atoms with Crippen LogP contribution in [0, 0.1) is 0 Å². The number of amides is 1. The second-order valence-corrected chi connectivity index (χ2v) is 7.80. The largest absolute Gasteiger partial charge is 0.507 e. The van der Waals surface area contributed by atoms with Crippen LogP contribution < -0.4 is 10.2 Å². The number of hydrazone groups is 1. The Kier molecular flexibility index (Phi) is 6.28. The molecule has 6 nitrogen and oxygen atoms in total. The van der Waals surface area contributed by atoms with Gasteiger partial charge in [0, 0.05) is 4.47 Å². The van der Waals surface area contributed by atoms with E-state index in [1.54, 1.807) is 60.7 Å². The van der Waals surface area contributed by atoms with E-state index in [0.29, 0.717) is 16.9 Å². The average Bonchev–Trinajstić information content (AvgIpc) is 2.80. The lowest BCUT2D eigenvalue weighted by Crippen LogP contribution is -2.17. The van der Waals surface area contributed by atoms with Crippen LogP contribution in [0.1, 0.15) is 26.3 Å². The van der Waals surface area contributed by atoms with Gasteiger partial charge in [-0.25, -0.2) is 10.2 Å². The van der Waals surface area contributed by atoms with Gasteiger partial charge in [-0.1, -0.05) is 40.2 Å². The number of rotatable bonds is 5. The van der Waals surface area contributed by atoms with Crippen LogP contribution in [0.15, 0.2) is 94.5 Å². The summed E-state index contributed by atoms with van der Waals surface area (Å²) in [6, 6.07) is 24.1. The zero-order valence-electron chi connectivity index (χ0n) is 16.7. The van der Waals surface area contributed by atoms with Crippen molar-refractivity contribution in [3.63, 3.8) is 0 Å². The molecule has 0 aliphatic carbocycles. The molecule has 4 rings (SSSR count). The van der Waals surface area contributed by atoms with Crippen LogP contribution in [-0.4, -0.2) is 23.2 Å². The van der Waals surface area contributed by atoms with Gasteiger partial charge in [0.25, 0.3) is 5.91 Å². The molecule has 0 radical (unpaired) electrons. The van der Waals surface area contributed by atoms with Crippen LogP contribution in [0.3, 0.4) is 0 Å². The monoisotopic (exact) mass is 488 g/mol. The summed E-state index contributed by atoms with van der Waals surface area (Å²) < 4.78 is 6.22. The predicted octanol–water partition coefficient (Wildman–Crippen LogP) is 5.29. The number of benzene rings is 4. The Morgan fingerprint density at radius 3 is 2.25 bits per heavy atom. The van der Waals surface area contributed by atoms with Crippen LogP contribution in [0.4, 0.5) is 0 Å². The Morgan fingerprint density at radius 1 is 0.906 bits per heavy atom. The van der Waals surface area contributed by atoms with Gasteiger partial charge < -0.3 is 9.84 Å². The van der Waals surface area contributed by atoms with Crippen molar-refractivity contribution in [1.82, 2.24) is 5.43 Å². The maximum atomic E-state index is 12.4. The highest BCUT2D eigenvalue weighted by Crippen LogP contribution is 2.24. The lowest BCUT2D eigenvalue weighted by molar-refractivity contribution is 0.0734. The van der Waals surface area contributed by atoms with Crippen LogP contribution >= 0.6 is 15.9 Å². The van der Waals surface area contributed by atoms with Crippen molar-refractivity contribution in [3.8, 4) is 11.5 Å². The second-order valence-electron chi connectivity index (χ2n) is 6.88. The number of phenols is 1. The summed E-state index contributed by atoms with van der Waals surface area (Å²) in [5.41, 5.74) is 3.68. The molecule has 7 heteroatoms. The van der Waals surface area contributed by atoms with E-state index in [-0.39, 0.29) is 11.3 Å². The van der Waals surface area contributed by atoms with Crippen LogP contribution in [-0.2, 0) is 0 Å². The Bertz CT molecular complexity index is 1320. The van der Waals surface area contributed by atoms with Crippen LogP contribution in [0.5, 0.6) is 11.5 Å². The lowest BCUT2D eigenvalue weighted by atomic mass is 10.1. The third-order valence-corrected chi connectivity index (χ3v) is 5.19. The lowest BCUT2D eigenvalue weighted by Gasteiger charge is -2.06. The van der Waals surface area contributed by atoms with Gasteiger partial charge in [0.05, 0.1) is 17.3 Å². The summed E-state index contributed by atoms with van der Waals surface area (Å²) in [6.45, 7) is 0. The molecule has 0 aromatic heterocycles. The standard InChI is InChI=1S/C25H17BrN2O4/c26-20-9-7-17(8-10-20)25(31)32-21-11-5-16(6-12-21)15-27-28-24(30)22-13-18-3-1-2-4-19(18)14-23(22)29/h1-15,29H,(H,28,30)/b27-15+. The first-order valence-electron chi connectivity index (χ1n) is 9.62. The van der Waals surface area contributed by atoms with E-state index in [9.17, 15) is 14.7 Å². The van der Waals surface area contributed by atoms with Gasteiger partial charge >= 0.3 is 5.97 Å². The number of hydrogen-bond acceptors (Lipinski definition) is 5. The fourth-order valence-corrected chi connectivity index (χ4v) is 3.27. The Morgan fingerprint density at radius 2 is 1.56 bits per heavy atom. The quantitative estimate of drug-likeness (QED) is 0.173. The number of nitrogens with one attached hydrogen (secondary N) is 1.